The number of benzene rings is 1. The van der Waals surface area contributed by atoms with Gasteiger partial charge in [0.15, 0.2) is 12.0 Å². The maximum atomic E-state index is 10.9. The molecule has 1 heterocycles. The molecule has 84 valence electrons. The number of hydrogen-bond acceptors (Lipinski definition) is 3. The second-order valence-corrected chi connectivity index (χ2v) is 3.99. The average molecular weight is 236 g/mol. The fraction of sp³-hybridized carbons (Fsp3) is 0.273. The van der Waals surface area contributed by atoms with Crippen molar-refractivity contribution in [3.8, 4) is 0 Å². The Balaban J connectivity index is 2.06. The van der Waals surface area contributed by atoms with E-state index >= 15 is 0 Å². The summed E-state index contributed by atoms with van der Waals surface area (Å²) in [6, 6.07) is 5.84. The van der Waals surface area contributed by atoms with Crippen LogP contribution in [0, 0.1) is 0 Å². The van der Waals surface area contributed by atoms with E-state index in [-0.39, 0.29) is 5.24 Å². The van der Waals surface area contributed by atoms with E-state index in [0.29, 0.717) is 6.54 Å². The van der Waals surface area contributed by atoms with E-state index in [2.05, 4.69) is 17.6 Å². The predicted molar refractivity (Wildman–Crippen MR) is 64.7 cm³/mol. The first-order chi connectivity index (χ1) is 7.66. The first-order valence-corrected chi connectivity index (χ1v) is 5.38. The maximum absolute atomic E-state index is 10.9. The van der Waals surface area contributed by atoms with Crippen LogP contribution < -0.4 is 0 Å². The molecule has 1 aromatic heterocycles. The van der Waals surface area contributed by atoms with Crippen LogP contribution >= 0.6 is 12.6 Å². The fourth-order valence-electron chi connectivity index (χ4n) is 1.45. The third-order valence-corrected chi connectivity index (χ3v) is 2.80. The summed E-state index contributed by atoms with van der Waals surface area (Å²) in [7, 11) is 1.72. The highest BCUT2D eigenvalue weighted by atomic mass is 32.1. The standard InChI is InChI=1S/C11H12N2O2S/c1-13(11(14)16)5-4-8-2-3-9-10(6-8)15-7-12-9/h2-3,6-7H,4-5H2,1H3,(H,14,16). The summed E-state index contributed by atoms with van der Waals surface area (Å²) in [4.78, 5) is 16.5. The molecule has 16 heavy (non-hydrogen) atoms. The molecule has 0 unspecified atom stereocenters. The number of carbonyl (C=O) groups is 1. The molecule has 0 spiro atoms. The molecule has 0 saturated carbocycles. The van der Waals surface area contributed by atoms with Crippen molar-refractivity contribution in [2.75, 3.05) is 13.6 Å². The van der Waals surface area contributed by atoms with Crippen molar-refractivity contribution in [2.45, 2.75) is 6.42 Å². The van der Waals surface area contributed by atoms with Gasteiger partial charge in [-0.1, -0.05) is 18.7 Å². The third kappa shape index (κ3) is 2.36. The number of likely N-dealkylation sites (N-methyl/N-ethyl adjacent to an activating group) is 1. The molecule has 2 rings (SSSR count). The zero-order valence-electron chi connectivity index (χ0n) is 8.88. The Bertz CT molecular complexity index is 509. The van der Waals surface area contributed by atoms with Gasteiger partial charge in [-0.15, -0.1) is 0 Å². The first kappa shape index (κ1) is 11.0. The zero-order valence-corrected chi connectivity index (χ0v) is 9.78. The molecule has 0 radical (unpaired) electrons. The molecule has 0 bridgehead atoms. The highest BCUT2D eigenvalue weighted by Crippen LogP contribution is 2.14. The van der Waals surface area contributed by atoms with Gasteiger partial charge >= 0.3 is 0 Å². The van der Waals surface area contributed by atoms with Gasteiger partial charge in [0.2, 0.25) is 0 Å². The minimum atomic E-state index is -0.222. The molecular weight excluding hydrogens is 224 g/mol. The molecular formula is C11H12N2O2S. The molecule has 0 aliphatic rings. The minimum absolute atomic E-state index is 0.222. The summed E-state index contributed by atoms with van der Waals surface area (Å²) in [5.74, 6) is 0. The average Bonchev–Trinajstić information content (AvgIpc) is 2.72. The summed E-state index contributed by atoms with van der Waals surface area (Å²) in [5, 5.41) is -0.222. The van der Waals surface area contributed by atoms with Crippen LogP contribution in [0.4, 0.5) is 4.79 Å². The van der Waals surface area contributed by atoms with Crippen LogP contribution in [0.3, 0.4) is 0 Å². The lowest BCUT2D eigenvalue weighted by Crippen LogP contribution is -2.23. The molecule has 0 atom stereocenters. The summed E-state index contributed by atoms with van der Waals surface area (Å²) >= 11 is 3.75. The van der Waals surface area contributed by atoms with Crippen LogP contribution in [-0.2, 0) is 6.42 Å². The van der Waals surface area contributed by atoms with Crippen molar-refractivity contribution >= 4 is 29.0 Å². The Labute approximate surface area is 98.7 Å². The fourth-order valence-corrected chi connectivity index (χ4v) is 1.55. The van der Waals surface area contributed by atoms with Crippen molar-refractivity contribution in [2.24, 2.45) is 0 Å². The lowest BCUT2D eigenvalue weighted by molar-refractivity contribution is 0.234. The SMILES string of the molecule is CN(CCc1ccc2ncoc2c1)C(=O)S. The van der Waals surface area contributed by atoms with Crippen LogP contribution in [0.2, 0.25) is 0 Å². The van der Waals surface area contributed by atoms with E-state index in [1.807, 2.05) is 18.2 Å². The molecule has 0 aliphatic carbocycles. The van der Waals surface area contributed by atoms with Gasteiger partial charge < -0.3 is 9.32 Å². The quantitative estimate of drug-likeness (QED) is 0.832. The number of rotatable bonds is 3. The molecule has 0 aliphatic heterocycles. The smallest absolute Gasteiger partial charge is 0.278 e. The van der Waals surface area contributed by atoms with E-state index in [1.165, 1.54) is 6.39 Å². The number of nitrogens with zero attached hydrogens (tertiary/aromatic N) is 2. The van der Waals surface area contributed by atoms with E-state index in [0.717, 1.165) is 23.1 Å². The maximum Gasteiger partial charge on any atom is 0.278 e. The van der Waals surface area contributed by atoms with Gasteiger partial charge in [-0.2, -0.15) is 0 Å². The molecule has 4 nitrogen and oxygen atoms in total. The topological polar surface area (TPSA) is 46.3 Å². The van der Waals surface area contributed by atoms with Crippen LogP contribution in [0.1, 0.15) is 5.56 Å². The summed E-state index contributed by atoms with van der Waals surface area (Å²) in [6.07, 6.45) is 2.21. The van der Waals surface area contributed by atoms with Crippen molar-refractivity contribution in [1.82, 2.24) is 9.88 Å². The number of aromatic nitrogens is 1. The highest BCUT2D eigenvalue weighted by Gasteiger charge is 2.04. The Morgan fingerprint density at radius 1 is 1.56 bits per heavy atom. The van der Waals surface area contributed by atoms with Crippen molar-refractivity contribution < 1.29 is 9.21 Å². The largest absolute Gasteiger partial charge is 0.443 e. The number of amides is 1. The van der Waals surface area contributed by atoms with Gasteiger partial charge in [-0.25, -0.2) is 4.98 Å². The lowest BCUT2D eigenvalue weighted by atomic mass is 10.1. The number of hydrogen-bond donors (Lipinski definition) is 1. The second kappa shape index (κ2) is 4.57. The summed E-state index contributed by atoms with van der Waals surface area (Å²) in [5.41, 5.74) is 2.74. The summed E-state index contributed by atoms with van der Waals surface area (Å²) < 4.78 is 5.21. The highest BCUT2D eigenvalue weighted by molar-refractivity contribution is 7.96. The van der Waals surface area contributed by atoms with E-state index in [4.69, 9.17) is 4.42 Å². The van der Waals surface area contributed by atoms with Crippen LogP contribution in [0.25, 0.3) is 11.1 Å². The van der Waals surface area contributed by atoms with E-state index in [1.54, 1.807) is 11.9 Å². The van der Waals surface area contributed by atoms with Crippen molar-refractivity contribution in [1.29, 1.82) is 0 Å². The number of thiol groups is 1. The Kier molecular flexibility index (Phi) is 3.14. The van der Waals surface area contributed by atoms with Gasteiger partial charge in [-0.3, -0.25) is 4.79 Å². The lowest BCUT2D eigenvalue weighted by Gasteiger charge is -2.13. The molecule has 5 heteroatoms. The Hall–Kier alpha value is -1.49. The molecule has 1 amide bonds. The Morgan fingerprint density at radius 3 is 3.12 bits per heavy atom. The van der Waals surface area contributed by atoms with Crippen LogP contribution in [-0.4, -0.2) is 28.7 Å². The normalized spacial score (nSPS) is 10.6. The predicted octanol–water partition coefficient (Wildman–Crippen LogP) is 2.35. The van der Waals surface area contributed by atoms with Gasteiger partial charge in [0, 0.05) is 13.6 Å². The van der Waals surface area contributed by atoms with Crippen LogP contribution in [0.5, 0.6) is 0 Å². The molecule has 1 aromatic carbocycles. The van der Waals surface area contributed by atoms with E-state index in [9.17, 15) is 4.79 Å². The number of oxazole rings is 1. The number of carbonyl (C=O) groups excluding carboxylic acids is 1. The Morgan fingerprint density at radius 2 is 2.38 bits per heavy atom. The van der Waals surface area contributed by atoms with Crippen LogP contribution in [0.15, 0.2) is 29.0 Å². The van der Waals surface area contributed by atoms with Gasteiger partial charge in [0.1, 0.15) is 5.52 Å². The molecule has 0 fully saturated rings. The molecule has 0 saturated heterocycles. The van der Waals surface area contributed by atoms with Crippen molar-refractivity contribution in [3.05, 3.63) is 30.2 Å². The minimum Gasteiger partial charge on any atom is -0.443 e. The third-order valence-electron chi connectivity index (χ3n) is 2.46. The van der Waals surface area contributed by atoms with Gasteiger partial charge in [-0.05, 0) is 24.1 Å². The molecule has 2 aromatic rings. The van der Waals surface area contributed by atoms with E-state index < -0.39 is 0 Å². The second-order valence-electron chi connectivity index (χ2n) is 3.61. The monoisotopic (exact) mass is 236 g/mol. The summed E-state index contributed by atoms with van der Waals surface area (Å²) in [6.45, 7) is 0.641. The zero-order chi connectivity index (χ0) is 11.5. The first-order valence-electron chi connectivity index (χ1n) is 4.93. The number of fused-ring (bicyclic) bond motifs is 1. The molecule has 0 N–H and O–H groups in total. The van der Waals surface area contributed by atoms with Gasteiger partial charge in [0.05, 0.1) is 0 Å². The van der Waals surface area contributed by atoms with Gasteiger partial charge in [0.25, 0.3) is 5.24 Å². The van der Waals surface area contributed by atoms with Crippen molar-refractivity contribution in [3.63, 3.8) is 0 Å².